The Balaban J connectivity index is 3.87. The number of phosphoric ester groups is 1. The molecule has 0 aromatic carbocycles. The maximum atomic E-state index is 13.1. The van der Waals surface area contributed by atoms with Crippen LogP contribution in [0.2, 0.25) is 0 Å². The summed E-state index contributed by atoms with van der Waals surface area (Å²) in [4.78, 5) is 25.7. The number of quaternary nitrogens is 1. The minimum absolute atomic E-state index is 0.0171. The number of carbonyl (C=O) groups is 1. The predicted molar refractivity (Wildman–Crippen MR) is 386 cm³/mol. The van der Waals surface area contributed by atoms with Gasteiger partial charge in [-0.15, -0.1) is 0 Å². The van der Waals surface area contributed by atoms with Crippen LogP contribution in [0.25, 0.3) is 0 Å². The molecule has 0 heterocycles. The lowest BCUT2D eigenvalue weighted by Gasteiger charge is -2.30. The summed E-state index contributed by atoms with van der Waals surface area (Å²) in [6.45, 7) is 4.81. The van der Waals surface area contributed by atoms with Crippen molar-refractivity contribution in [1.29, 1.82) is 0 Å². The Labute approximate surface area is 552 Å². The molecule has 88 heavy (non-hydrogen) atoms. The van der Waals surface area contributed by atoms with E-state index >= 15 is 0 Å². The number of hydrogen-bond acceptors (Lipinski definition) is 6. The van der Waals surface area contributed by atoms with Crippen molar-refractivity contribution in [3.05, 3.63) is 0 Å². The van der Waals surface area contributed by atoms with Crippen LogP contribution in [0.3, 0.4) is 0 Å². The molecule has 0 aliphatic heterocycles. The maximum Gasteiger partial charge on any atom is 0.268 e. The van der Waals surface area contributed by atoms with Crippen molar-refractivity contribution >= 4 is 13.7 Å². The number of phosphoric acid groups is 1. The molecule has 3 unspecified atom stereocenters. The summed E-state index contributed by atoms with van der Waals surface area (Å²) < 4.78 is 23.6. The molecule has 3 atom stereocenters. The average molecular weight is 1270 g/mol. The van der Waals surface area contributed by atoms with E-state index in [1.165, 1.54) is 385 Å². The Bertz CT molecular complexity index is 1390. The van der Waals surface area contributed by atoms with Crippen molar-refractivity contribution in [2.45, 2.75) is 463 Å². The quantitative estimate of drug-likeness (QED) is 0.0357. The van der Waals surface area contributed by atoms with Crippen LogP contribution in [0.4, 0.5) is 0 Å². The number of nitrogens with zero attached hydrogens (tertiary/aromatic N) is 1. The van der Waals surface area contributed by atoms with Crippen LogP contribution < -0.4 is 10.2 Å². The highest BCUT2D eigenvalue weighted by Crippen LogP contribution is 2.38. The van der Waals surface area contributed by atoms with E-state index < -0.39 is 20.0 Å². The smallest absolute Gasteiger partial charge is 0.268 e. The molecule has 0 aromatic rings. The fourth-order valence-corrected chi connectivity index (χ4v) is 13.8. The van der Waals surface area contributed by atoms with Crippen LogP contribution in [-0.4, -0.2) is 68.5 Å². The second-order valence-electron chi connectivity index (χ2n) is 29.5. The highest BCUT2D eigenvalue weighted by Gasteiger charge is 2.24. The Kier molecular flexibility index (Phi) is 70.4. The minimum Gasteiger partial charge on any atom is -0.756 e. The van der Waals surface area contributed by atoms with E-state index in [1.54, 1.807) is 0 Å². The molecule has 0 aliphatic carbocycles. The molecule has 2 N–H and O–H groups in total. The standard InChI is InChI=1S/C79H161N2O6P/c1-6-8-10-12-14-16-18-20-22-24-26-28-30-32-34-36-37-38-39-40-41-42-43-44-45-47-49-51-53-55-57-59-61-63-65-67-69-71-73-79(83)80-77(76-87-88(84,85)86-75-74-81(3,4)5)78(82)72-70-68-66-64-62-60-58-56-54-52-50-48-46-35-33-31-29-27-25-23-21-19-17-15-13-11-9-7-2/h77-78,82H,6-76H2,1-5H3,(H-,80,83,84,85). The van der Waals surface area contributed by atoms with Gasteiger partial charge in [-0.1, -0.05) is 431 Å². The van der Waals surface area contributed by atoms with Gasteiger partial charge >= 0.3 is 0 Å². The lowest BCUT2D eigenvalue weighted by Crippen LogP contribution is -2.46. The van der Waals surface area contributed by atoms with Crippen molar-refractivity contribution in [1.82, 2.24) is 5.32 Å². The Morgan fingerprint density at radius 2 is 0.557 bits per heavy atom. The van der Waals surface area contributed by atoms with Gasteiger partial charge in [0, 0.05) is 6.42 Å². The van der Waals surface area contributed by atoms with Gasteiger partial charge < -0.3 is 28.8 Å². The van der Waals surface area contributed by atoms with E-state index in [0.29, 0.717) is 23.9 Å². The first kappa shape index (κ1) is 87.5. The first-order valence-electron chi connectivity index (χ1n) is 40.4. The molecule has 0 aliphatic rings. The number of aliphatic hydroxyl groups excluding tert-OH is 1. The van der Waals surface area contributed by atoms with Gasteiger partial charge in [-0.3, -0.25) is 9.36 Å². The second-order valence-corrected chi connectivity index (χ2v) is 30.9. The van der Waals surface area contributed by atoms with Gasteiger partial charge in [0.15, 0.2) is 0 Å². The summed E-state index contributed by atoms with van der Waals surface area (Å²) in [6, 6.07) is -0.798. The Hall–Kier alpha value is -0.500. The van der Waals surface area contributed by atoms with Crippen molar-refractivity contribution in [3.63, 3.8) is 0 Å². The summed E-state index contributed by atoms with van der Waals surface area (Å²) in [7, 11) is 1.34. The SMILES string of the molecule is CCCCCCCCCCCCCCCCCCCCCCCCCCCCCCCCCCCCCCCCC(=O)NC(COP(=O)([O-])OCC[N+](C)(C)C)C(O)CCCCCCCCCCCCCCCCCCCCCCCCCCCCCC. The molecule has 0 rings (SSSR count). The normalized spacial score (nSPS) is 13.4. The van der Waals surface area contributed by atoms with Crippen molar-refractivity contribution in [2.75, 3.05) is 40.9 Å². The summed E-state index contributed by atoms with van der Waals surface area (Å²) >= 11 is 0. The summed E-state index contributed by atoms with van der Waals surface area (Å²) in [6.07, 6.45) is 91.0. The number of amides is 1. The van der Waals surface area contributed by atoms with E-state index in [1.807, 2.05) is 21.1 Å². The molecule has 528 valence electrons. The lowest BCUT2D eigenvalue weighted by atomic mass is 10.0. The molecule has 0 aromatic heterocycles. The van der Waals surface area contributed by atoms with Crippen molar-refractivity contribution in [2.24, 2.45) is 0 Å². The molecule has 0 bridgehead atoms. The van der Waals surface area contributed by atoms with Crippen LogP contribution in [0.5, 0.6) is 0 Å². The molecule has 0 radical (unpaired) electrons. The molecule has 9 heteroatoms. The highest BCUT2D eigenvalue weighted by molar-refractivity contribution is 7.45. The van der Waals surface area contributed by atoms with E-state index in [0.717, 1.165) is 38.5 Å². The van der Waals surface area contributed by atoms with Crippen LogP contribution >= 0.6 is 7.82 Å². The average Bonchev–Trinajstić information content (AvgIpc) is 3.70. The molecule has 0 fully saturated rings. The van der Waals surface area contributed by atoms with Gasteiger partial charge in [0.1, 0.15) is 13.2 Å². The van der Waals surface area contributed by atoms with Gasteiger partial charge in [-0.2, -0.15) is 0 Å². The summed E-state index contributed by atoms with van der Waals surface area (Å²) in [5.41, 5.74) is 0. The minimum atomic E-state index is -4.58. The third-order valence-electron chi connectivity index (χ3n) is 19.3. The number of unbranched alkanes of at least 4 members (excludes halogenated alkanes) is 64. The zero-order chi connectivity index (χ0) is 64.1. The van der Waals surface area contributed by atoms with Gasteiger partial charge in [-0.05, 0) is 12.8 Å². The fraction of sp³-hybridized carbons (Fsp3) is 0.987. The largest absolute Gasteiger partial charge is 0.756 e. The lowest BCUT2D eigenvalue weighted by molar-refractivity contribution is -0.870. The summed E-state index contributed by atoms with van der Waals surface area (Å²) in [5.74, 6) is -0.152. The van der Waals surface area contributed by atoms with E-state index in [4.69, 9.17) is 9.05 Å². The topological polar surface area (TPSA) is 108 Å². The fourth-order valence-electron chi connectivity index (χ4n) is 13.1. The maximum absolute atomic E-state index is 13.1. The van der Waals surface area contributed by atoms with E-state index in [2.05, 4.69) is 19.2 Å². The number of aliphatic hydroxyl groups is 1. The molecular formula is C79H161N2O6P. The third kappa shape index (κ3) is 72.9. The van der Waals surface area contributed by atoms with Crippen LogP contribution in [0, 0.1) is 0 Å². The van der Waals surface area contributed by atoms with E-state index in [-0.39, 0.29) is 19.1 Å². The monoisotopic (exact) mass is 1270 g/mol. The molecule has 0 saturated heterocycles. The zero-order valence-corrected chi connectivity index (χ0v) is 61.6. The van der Waals surface area contributed by atoms with Crippen LogP contribution in [0.15, 0.2) is 0 Å². The Morgan fingerprint density at radius 3 is 0.773 bits per heavy atom. The first-order valence-corrected chi connectivity index (χ1v) is 41.8. The van der Waals surface area contributed by atoms with Crippen molar-refractivity contribution in [3.8, 4) is 0 Å². The number of nitrogens with one attached hydrogen (secondary N) is 1. The molecule has 0 saturated carbocycles. The van der Waals surface area contributed by atoms with Gasteiger partial charge in [0.05, 0.1) is 39.9 Å². The predicted octanol–water partition coefficient (Wildman–Crippen LogP) is 25.6. The van der Waals surface area contributed by atoms with E-state index in [9.17, 15) is 19.4 Å². The zero-order valence-electron chi connectivity index (χ0n) is 60.7. The number of likely N-dealkylation sites (N-methyl/N-ethyl adjacent to an activating group) is 1. The number of rotatable bonds is 77. The van der Waals surface area contributed by atoms with Gasteiger partial charge in [-0.25, -0.2) is 0 Å². The van der Waals surface area contributed by atoms with Crippen molar-refractivity contribution < 1.29 is 32.9 Å². The highest BCUT2D eigenvalue weighted by atomic mass is 31.2. The number of hydrogen-bond donors (Lipinski definition) is 2. The van der Waals surface area contributed by atoms with Crippen LogP contribution in [-0.2, 0) is 18.4 Å². The molecular weight excluding hydrogens is 1100 g/mol. The number of carbonyl (C=O) groups excluding carboxylic acids is 1. The molecule has 1 amide bonds. The Morgan fingerprint density at radius 1 is 0.352 bits per heavy atom. The molecule has 8 nitrogen and oxygen atoms in total. The van der Waals surface area contributed by atoms with Gasteiger partial charge in [0.25, 0.3) is 7.82 Å². The van der Waals surface area contributed by atoms with Gasteiger partial charge in [0.2, 0.25) is 5.91 Å². The van der Waals surface area contributed by atoms with Crippen LogP contribution in [0.1, 0.15) is 450 Å². The third-order valence-corrected chi connectivity index (χ3v) is 20.3. The summed E-state index contributed by atoms with van der Waals surface area (Å²) in [5, 5.41) is 14.1. The second kappa shape index (κ2) is 70.8. The molecule has 0 spiro atoms. The first-order chi connectivity index (χ1) is 43.0.